The van der Waals surface area contributed by atoms with Crippen molar-refractivity contribution in [2.45, 2.75) is 56.9 Å². The molecule has 7 nitrogen and oxygen atoms in total. The number of ether oxygens (including phenoxy) is 1. The lowest BCUT2D eigenvalue weighted by Gasteiger charge is -2.33. The second kappa shape index (κ2) is 11.5. The van der Waals surface area contributed by atoms with Crippen LogP contribution in [0, 0.1) is 6.92 Å². The van der Waals surface area contributed by atoms with E-state index >= 15 is 0 Å². The number of hydrogen-bond donors (Lipinski definition) is 2. The number of sulfonamides is 1. The highest BCUT2D eigenvalue weighted by atomic mass is 32.2. The maximum absolute atomic E-state index is 12.8. The van der Waals surface area contributed by atoms with Crippen LogP contribution in [-0.2, 0) is 10.0 Å². The molecule has 1 heterocycles. The smallest absolute Gasteiger partial charge is 0.261 e. The van der Waals surface area contributed by atoms with Crippen molar-refractivity contribution in [3.05, 3.63) is 53.6 Å². The molecule has 0 spiro atoms. The minimum Gasteiger partial charge on any atom is -0.497 e. The minimum atomic E-state index is -3.83. The molecule has 33 heavy (non-hydrogen) atoms. The van der Waals surface area contributed by atoms with Crippen LogP contribution in [-0.4, -0.2) is 52.0 Å². The number of hydrogen-bond acceptors (Lipinski definition) is 5. The lowest BCUT2D eigenvalue weighted by molar-refractivity contribution is 0.0950. The second-order valence-corrected chi connectivity index (χ2v) is 10.3. The number of aryl methyl sites for hydroxylation is 1. The molecule has 1 saturated heterocycles. The van der Waals surface area contributed by atoms with Gasteiger partial charge in [-0.05, 0) is 94.6 Å². The van der Waals surface area contributed by atoms with E-state index in [1.54, 1.807) is 44.4 Å². The number of anilines is 1. The van der Waals surface area contributed by atoms with Gasteiger partial charge in [0.05, 0.1) is 12.0 Å². The number of carbonyl (C=O) groups excluding carboxylic acids is 1. The van der Waals surface area contributed by atoms with Crippen molar-refractivity contribution in [1.82, 2.24) is 10.2 Å². The number of amides is 1. The Bertz CT molecular complexity index is 1040. The number of nitrogens with one attached hydrogen (secondary N) is 2. The number of methoxy groups -OCH3 is 1. The predicted molar refractivity (Wildman–Crippen MR) is 131 cm³/mol. The van der Waals surface area contributed by atoms with E-state index in [-0.39, 0.29) is 10.8 Å². The van der Waals surface area contributed by atoms with Crippen LogP contribution < -0.4 is 14.8 Å². The molecule has 0 saturated carbocycles. The molecule has 2 aromatic carbocycles. The van der Waals surface area contributed by atoms with Gasteiger partial charge in [-0.1, -0.05) is 12.5 Å². The molecular formula is C25H35N3O4S. The van der Waals surface area contributed by atoms with Crippen molar-refractivity contribution < 1.29 is 17.9 Å². The summed E-state index contributed by atoms with van der Waals surface area (Å²) in [7, 11) is -2.28. The molecule has 2 aromatic rings. The van der Waals surface area contributed by atoms with Crippen LogP contribution in [0.2, 0.25) is 0 Å². The van der Waals surface area contributed by atoms with Crippen LogP contribution in [0.1, 0.15) is 54.9 Å². The molecule has 1 aliphatic heterocycles. The van der Waals surface area contributed by atoms with Gasteiger partial charge in [0, 0.05) is 23.8 Å². The van der Waals surface area contributed by atoms with Crippen LogP contribution in [0.25, 0.3) is 0 Å². The van der Waals surface area contributed by atoms with Crippen molar-refractivity contribution in [3.8, 4) is 5.75 Å². The van der Waals surface area contributed by atoms with E-state index in [9.17, 15) is 13.2 Å². The average Bonchev–Trinajstić information content (AvgIpc) is 2.80. The van der Waals surface area contributed by atoms with Crippen molar-refractivity contribution in [2.24, 2.45) is 0 Å². The lowest BCUT2D eigenvalue weighted by Crippen LogP contribution is -2.38. The molecule has 0 aromatic heterocycles. The Labute approximate surface area is 197 Å². The zero-order valence-electron chi connectivity index (χ0n) is 19.8. The fraction of sp³-hybridized carbons (Fsp3) is 0.480. The second-order valence-electron chi connectivity index (χ2n) is 8.65. The largest absolute Gasteiger partial charge is 0.497 e. The number of nitrogens with zero attached hydrogens (tertiary/aromatic N) is 1. The fourth-order valence-corrected chi connectivity index (χ4v) is 5.20. The first-order valence-corrected chi connectivity index (χ1v) is 13.1. The molecule has 180 valence electrons. The van der Waals surface area contributed by atoms with Crippen LogP contribution in [0.3, 0.4) is 0 Å². The summed E-state index contributed by atoms with van der Waals surface area (Å²) < 4.78 is 33.3. The number of carbonyl (C=O) groups is 1. The zero-order chi connectivity index (χ0) is 23.8. The number of rotatable bonds is 10. The van der Waals surface area contributed by atoms with Gasteiger partial charge in [0.2, 0.25) is 0 Å². The van der Waals surface area contributed by atoms with E-state index in [0.29, 0.717) is 29.6 Å². The summed E-state index contributed by atoms with van der Waals surface area (Å²) in [4.78, 5) is 15.3. The van der Waals surface area contributed by atoms with Gasteiger partial charge in [-0.2, -0.15) is 0 Å². The van der Waals surface area contributed by atoms with E-state index in [0.717, 1.165) is 24.9 Å². The fourth-order valence-electron chi connectivity index (χ4n) is 4.11. The van der Waals surface area contributed by atoms with Gasteiger partial charge in [0.15, 0.2) is 0 Å². The number of piperidine rings is 1. The Kier molecular flexibility index (Phi) is 8.74. The molecule has 1 unspecified atom stereocenters. The van der Waals surface area contributed by atoms with Gasteiger partial charge in [0.1, 0.15) is 5.75 Å². The molecule has 0 bridgehead atoms. The van der Waals surface area contributed by atoms with Crippen LogP contribution in [0.4, 0.5) is 5.69 Å². The Balaban J connectivity index is 1.56. The van der Waals surface area contributed by atoms with Crippen LogP contribution >= 0.6 is 0 Å². The average molecular weight is 474 g/mol. The number of benzene rings is 2. The summed E-state index contributed by atoms with van der Waals surface area (Å²) in [6, 6.07) is 11.9. The van der Waals surface area contributed by atoms with Crippen molar-refractivity contribution >= 4 is 21.6 Å². The van der Waals surface area contributed by atoms with E-state index in [2.05, 4.69) is 21.9 Å². The topological polar surface area (TPSA) is 87.7 Å². The first-order valence-electron chi connectivity index (χ1n) is 11.6. The normalized spacial score (nSPS) is 16.9. The summed E-state index contributed by atoms with van der Waals surface area (Å²) in [5, 5.41) is 2.94. The lowest BCUT2D eigenvalue weighted by atomic mass is 10.0. The van der Waals surface area contributed by atoms with Gasteiger partial charge in [-0.3, -0.25) is 9.52 Å². The minimum absolute atomic E-state index is 0.0492. The summed E-state index contributed by atoms with van der Waals surface area (Å²) in [5.41, 5.74) is 1.53. The van der Waals surface area contributed by atoms with E-state index in [1.807, 2.05) is 0 Å². The van der Waals surface area contributed by atoms with Gasteiger partial charge < -0.3 is 15.0 Å². The molecule has 2 N–H and O–H groups in total. The quantitative estimate of drug-likeness (QED) is 0.505. The highest BCUT2D eigenvalue weighted by molar-refractivity contribution is 7.92. The Morgan fingerprint density at radius 3 is 2.58 bits per heavy atom. The summed E-state index contributed by atoms with van der Waals surface area (Å²) in [6.45, 7) is 6.88. The summed E-state index contributed by atoms with van der Waals surface area (Å²) >= 11 is 0. The SMILES string of the molecule is COc1ccc(NS(=O)(=O)c2ccc(C)c(C(=O)NCCCCN3CCCCC3C)c2)cc1. The van der Waals surface area contributed by atoms with Crippen molar-refractivity contribution in [2.75, 3.05) is 31.5 Å². The van der Waals surface area contributed by atoms with E-state index < -0.39 is 10.0 Å². The molecular weight excluding hydrogens is 438 g/mol. The summed E-state index contributed by atoms with van der Waals surface area (Å²) in [5.74, 6) is 0.387. The predicted octanol–water partition coefficient (Wildman–Crippen LogP) is 4.19. The molecule has 1 amide bonds. The monoisotopic (exact) mass is 473 g/mol. The van der Waals surface area contributed by atoms with Crippen molar-refractivity contribution in [3.63, 3.8) is 0 Å². The molecule has 1 atom stereocenters. The molecule has 8 heteroatoms. The Hall–Kier alpha value is -2.58. The maximum atomic E-state index is 12.8. The van der Waals surface area contributed by atoms with Gasteiger partial charge in [-0.15, -0.1) is 0 Å². The van der Waals surface area contributed by atoms with E-state index in [1.165, 1.54) is 37.9 Å². The molecule has 0 radical (unpaired) electrons. The molecule has 0 aliphatic carbocycles. The molecule has 3 rings (SSSR count). The first-order chi connectivity index (χ1) is 15.8. The highest BCUT2D eigenvalue weighted by Gasteiger charge is 2.19. The number of likely N-dealkylation sites (tertiary alicyclic amines) is 1. The Morgan fingerprint density at radius 2 is 1.88 bits per heavy atom. The van der Waals surface area contributed by atoms with Crippen molar-refractivity contribution in [1.29, 1.82) is 0 Å². The summed E-state index contributed by atoms with van der Waals surface area (Å²) in [6.07, 6.45) is 5.78. The van der Waals surface area contributed by atoms with Gasteiger partial charge >= 0.3 is 0 Å². The van der Waals surface area contributed by atoms with Gasteiger partial charge in [-0.25, -0.2) is 8.42 Å². The Morgan fingerprint density at radius 1 is 1.12 bits per heavy atom. The standard InChI is InChI=1S/C25H35N3O4S/c1-19-9-14-23(33(30,31)27-21-10-12-22(32-3)13-11-21)18-24(19)25(29)26-15-5-7-17-28-16-6-4-8-20(28)2/h9-14,18,20,27H,4-8,15-17H2,1-3H3,(H,26,29). The highest BCUT2D eigenvalue weighted by Crippen LogP contribution is 2.21. The van der Waals surface area contributed by atoms with Gasteiger partial charge in [0.25, 0.3) is 15.9 Å². The van der Waals surface area contributed by atoms with Crippen LogP contribution in [0.5, 0.6) is 5.75 Å². The number of unbranched alkanes of at least 4 members (excludes halogenated alkanes) is 1. The molecule has 1 fully saturated rings. The maximum Gasteiger partial charge on any atom is 0.261 e. The van der Waals surface area contributed by atoms with E-state index in [4.69, 9.17) is 4.74 Å². The van der Waals surface area contributed by atoms with Crippen LogP contribution in [0.15, 0.2) is 47.4 Å². The first kappa shape index (κ1) is 25.1. The third-order valence-electron chi connectivity index (χ3n) is 6.20. The zero-order valence-corrected chi connectivity index (χ0v) is 20.6. The molecule has 1 aliphatic rings. The third kappa shape index (κ3) is 6.95. The third-order valence-corrected chi connectivity index (χ3v) is 7.58.